The summed E-state index contributed by atoms with van der Waals surface area (Å²) >= 11 is 6.07. The van der Waals surface area contributed by atoms with Gasteiger partial charge in [-0.05, 0) is 118 Å². The quantitative estimate of drug-likeness (QED) is 0.378. The van der Waals surface area contributed by atoms with Crippen molar-refractivity contribution in [1.82, 2.24) is 10.2 Å². The molecule has 5 fully saturated rings. The molecule has 38 heavy (non-hydrogen) atoms. The highest BCUT2D eigenvalue weighted by Gasteiger charge is 2.61. The third-order valence-electron chi connectivity index (χ3n) is 12.6. The Morgan fingerprint density at radius 3 is 2.32 bits per heavy atom. The lowest BCUT2D eigenvalue weighted by molar-refractivity contribution is -0.141. The number of fused-ring (bicyclic) bond motifs is 5. The first-order valence-electron chi connectivity index (χ1n) is 16.2. The Bertz CT molecular complexity index is 979. The van der Waals surface area contributed by atoms with Crippen LogP contribution in [0.1, 0.15) is 129 Å². The summed E-state index contributed by atoms with van der Waals surface area (Å²) in [5.41, 5.74) is 1.71. The molecule has 4 nitrogen and oxygen atoms in total. The van der Waals surface area contributed by atoms with E-state index in [2.05, 4.69) is 24.1 Å². The zero-order chi connectivity index (χ0) is 26.5. The highest BCUT2D eigenvalue weighted by molar-refractivity contribution is 7.80. The minimum absolute atomic E-state index is 0.0771. The van der Waals surface area contributed by atoms with E-state index in [1.807, 2.05) is 6.08 Å². The van der Waals surface area contributed by atoms with Gasteiger partial charge in [-0.3, -0.25) is 14.5 Å². The first-order chi connectivity index (χ1) is 18.3. The number of allylic oxidation sites excluding steroid dienone is 1. The molecule has 1 amide bonds. The molecule has 0 saturated heterocycles. The summed E-state index contributed by atoms with van der Waals surface area (Å²) in [4.78, 5) is 29.0. The average Bonchev–Trinajstić information content (AvgIpc) is 3.27. The van der Waals surface area contributed by atoms with Crippen molar-refractivity contribution in [2.75, 3.05) is 0 Å². The van der Waals surface area contributed by atoms with Crippen molar-refractivity contribution in [3.05, 3.63) is 11.6 Å². The number of carbonyl (C=O) groups is 2. The topological polar surface area (TPSA) is 49.4 Å². The van der Waals surface area contributed by atoms with Crippen LogP contribution in [0.25, 0.3) is 0 Å². The van der Waals surface area contributed by atoms with E-state index in [4.69, 9.17) is 12.2 Å². The second-order valence-corrected chi connectivity index (χ2v) is 14.8. The monoisotopic (exact) mass is 538 g/mol. The molecule has 0 aromatic carbocycles. The first kappa shape index (κ1) is 27.0. The molecular weight excluding hydrogens is 488 g/mol. The van der Waals surface area contributed by atoms with Gasteiger partial charge in [0.15, 0.2) is 10.9 Å². The van der Waals surface area contributed by atoms with E-state index in [-0.39, 0.29) is 22.8 Å². The van der Waals surface area contributed by atoms with Crippen LogP contribution in [0.5, 0.6) is 0 Å². The Balaban J connectivity index is 1.23. The Kier molecular flexibility index (Phi) is 7.55. The lowest BCUT2D eigenvalue weighted by Crippen LogP contribution is -2.57. The fraction of sp³-hybridized carbons (Fsp3) is 0.848. The van der Waals surface area contributed by atoms with Crippen molar-refractivity contribution in [2.24, 2.45) is 34.5 Å². The largest absolute Gasteiger partial charge is 0.359 e. The van der Waals surface area contributed by atoms with Gasteiger partial charge < -0.3 is 5.32 Å². The maximum absolute atomic E-state index is 14.6. The fourth-order valence-corrected chi connectivity index (χ4v) is 10.8. The summed E-state index contributed by atoms with van der Waals surface area (Å²) in [5.74, 6) is 2.77. The molecule has 210 valence electrons. The molecule has 6 aliphatic rings. The molecule has 6 aliphatic carbocycles. The number of nitrogens with one attached hydrogen (secondary N) is 1. The number of nitrogens with zero attached hydrogens (tertiary/aromatic N) is 1. The SMILES string of the molecule is C[C@]12CCC3C(CCC4=CC(=O)CC[C@@]43C)C1CCC2C(=O)N(C(=S)NC1CCCCC1)C1CCCCC1. The molecule has 0 aromatic rings. The zero-order valence-corrected chi connectivity index (χ0v) is 24.8. The van der Waals surface area contributed by atoms with Crippen molar-refractivity contribution >= 4 is 29.0 Å². The maximum atomic E-state index is 14.6. The molecule has 5 saturated carbocycles. The van der Waals surface area contributed by atoms with Gasteiger partial charge in [-0.2, -0.15) is 0 Å². The standard InChI is InChI=1S/C33H50N2O2S/c1-32-19-17-25(36)21-22(32)13-14-26-27-15-16-29(33(27,2)20-18-28(26)32)30(37)35(24-11-7-4-8-12-24)31(38)34-23-9-5-3-6-10-23/h21,23-24,26-29H,3-20H2,1-2H3,(H,34,38)/t26?,27?,28?,29?,32-,33-/m0/s1. The van der Waals surface area contributed by atoms with Gasteiger partial charge in [0.05, 0.1) is 0 Å². The molecule has 6 atom stereocenters. The highest BCUT2D eigenvalue weighted by atomic mass is 32.1. The Labute approximate surface area is 236 Å². The van der Waals surface area contributed by atoms with Gasteiger partial charge in [-0.25, -0.2) is 0 Å². The third-order valence-corrected chi connectivity index (χ3v) is 12.9. The van der Waals surface area contributed by atoms with E-state index in [9.17, 15) is 9.59 Å². The van der Waals surface area contributed by atoms with Gasteiger partial charge in [0.1, 0.15) is 0 Å². The number of amides is 1. The molecule has 6 rings (SSSR count). The zero-order valence-electron chi connectivity index (χ0n) is 23.9. The maximum Gasteiger partial charge on any atom is 0.232 e. The predicted octanol–water partition coefficient (Wildman–Crippen LogP) is 7.50. The van der Waals surface area contributed by atoms with E-state index < -0.39 is 0 Å². The van der Waals surface area contributed by atoms with Gasteiger partial charge in [-0.1, -0.05) is 57.9 Å². The van der Waals surface area contributed by atoms with Gasteiger partial charge in [0.25, 0.3) is 0 Å². The fourth-order valence-electron chi connectivity index (χ4n) is 10.4. The van der Waals surface area contributed by atoms with Crippen molar-refractivity contribution < 1.29 is 9.59 Å². The molecule has 0 aromatic heterocycles. The van der Waals surface area contributed by atoms with Crippen molar-refractivity contribution in [2.45, 2.75) is 142 Å². The molecule has 0 radical (unpaired) electrons. The Hall–Kier alpha value is -1.23. The van der Waals surface area contributed by atoms with Gasteiger partial charge in [-0.15, -0.1) is 0 Å². The third kappa shape index (κ3) is 4.61. The van der Waals surface area contributed by atoms with E-state index >= 15 is 0 Å². The second kappa shape index (κ2) is 10.6. The van der Waals surface area contributed by atoms with E-state index in [1.165, 1.54) is 76.2 Å². The van der Waals surface area contributed by atoms with Crippen LogP contribution in [0.4, 0.5) is 0 Å². The molecule has 5 heteroatoms. The van der Waals surface area contributed by atoms with Crippen LogP contribution < -0.4 is 5.32 Å². The van der Waals surface area contributed by atoms with Crippen LogP contribution in [0.2, 0.25) is 0 Å². The number of thiocarbonyl (C=S) groups is 1. The van der Waals surface area contributed by atoms with Crippen LogP contribution in [-0.4, -0.2) is 33.8 Å². The van der Waals surface area contributed by atoms with Crippen LogP contribution >= 0.6 is 12.2 Å². The molecule has 4 unspecified atom stereocenters. The molecule has 0 bridgehead atoms. The van der Waals surface area contributed by atoms with Crippen molar-refractivity contribution in [3.63, 3.8) is 0 Å². The summed E-state index contributed by atoms with van der Waals surface area (Å²) in [6, 6.07) is 0.713. The summed E-state index contributed by atoms with van der Waals surface area (Å²) in [6.07, 6.45) is 22.7. The molecule has 0 aliphatic heterocycles. The van der Waals surface area contributed by atoms with Crippen LogP contribution in [0.15, 0.2) is 11.6 Å². The normalized spacial score (nSPS) is 39.9. The number of hydrogen-bond donors (Lipinski definition) is 1. The highest BCUT2D eigenvalue weighted by Crippen LogP contribution is 2.66. The molecule has 0 spiro atoms. The van der Waals surface area contributed by atoms with Crippen molar-refractivity contribution in [3.8, 4) is 0 Å². The Morgan fingerprint density at radius 2 is 1.58 bits per heavy atom. The van der Waals surface area contributed by atoms with E-state index in [0.29, 0.717) is 41.9 Å². The lowest BCUT2D eigenvalue weighted by atomic mass is 9.47. The van der Waals surface area contributed by atoms with Gasteiger partial charge >= 0.3 is 0 Å². The summed E-state index contributed by atoms with van der Waals surface area (Å²) < 4.78 is 0. The average molecular weight is 539 g/mol. The minimum atomic E-state index is 0.0771. The van der Waals surface area contributed by atoms with E-state index in [1.54, 1.807) is 0 Å². The van der Waals surface area contributed by atoms with Crippen molar-refractivity contribution in [1.29, 1.82) is 0 Å². The van der Waals surface area contributed by atoms with Crippen LogP contribution in [0.3, 0.4) is 0 Å². The van der Waals surface area contributed by atoms with Crippen LogP contribution in [-0.2, 0) is 9.59 Å². The summed E-state index contributed by atoms with van der Waals surface area (Å²) in [6.45, 7) is 4.93. The van der Waals surface area contributed by atoms with E-state index in [0.717, 1.165) is 43.6 Å². The number of carbonyl (C=O) groups excluding carboxylic acids is 2. The van der Waals surface area contributed by atoms with Gasteiger partial charge in [0.2, 0.25) is 5.91 Å². The number of rotatable bonds is 3. The smallest absolute Gasteiger partial charge is 0.232 e. The number of ketones is 1. The van der Waals surface area contributed by atoms with Gasteiger partial charge in [0, 0.05) is 24.4 Å². The minimum Gasteiger partial charge on any atom is -0.359 e. The Morgan fingerprint density at radius 1 is 0.868 bits per heavy atom. The lowest BCUT2D eigenvalue weighted by Gasteiger charge is -2.58. The molecule has 0 heterocycles. The first-order valence-corrected chi connectivity index (χ1v) is 16.6. The summed E-state index contributed by atoms with van der Waals surface area (Å²) in [7, 11) is 0. The van der Waals surface area contributed by atoms with Crippen LogP contribution in [0, 0.1) is 34.5 Å². The molecular formula is C33H50N2O2S. The number of hydrogen-bond acceptors (Lipinski definition) is 3. The predicted molar refractivity (Wildman–Crippen MR) is 157 cm³/mol. The molecule has 1 N–H and O–H groups in total. The summed E-state index contributed by atoms with van der Waals surface area (Å²) in [5, 5.41) is 4.43. The second-order valence-electron chi connectivity index (χ2n) is 14.4.